The van der Waals surface area contributed by atoms with Crippen molar-refractivity contribution < 1.29 is 27.2 Å². The predicted molar refractivity (Wildman–Crippen MR) is 95.9 cm³/mol. The Morgan fingerprint density at radius 2 is 1.83 bits per heavy atom. The molecule has 30 heavy (non-hydrogen) atoms. The van der Waals surface area contributed by atoms with Crippen LogP contribution in [0.3, 0.4) is 0 Å². The Kier molecular flexibility index (Phi) is 3.98. The van der Waals surface area contributed by atoms with Gasteiger partial charge in [-0.25, -0.2) is 4.68 Å². The molecule has 0 radical (unpaired) electrons. The van der Waals surface area contributed by atoms with Crippen LogP contribution < -0.4 is 9.47 Å². The first-order valence-corrected chi connectivity index (χ1v) is 8.75. The molecular weight excluding hydrogens is 403 g/mol. The summed E-state index contributed by atoms with van der Waals surface area (Å²) in [5, 5.41) is 11.8. The highest BCUT2D eigenvalue weighted by atomic mass is 19.4. The Bertz CT molecular complexity index is 1250. The fourth-order valence-electron chi connectivity index (χ4n) is 3.13. The van der Waals surface area contributed by atoms with Crippen molar-refractivity contribution in [3.8, 4) is 40.2 Å². The van der Waals surface area contributed by atoms with Crippen molar-refractivity contribution in [2.75, 3.05) is 6.79 Å². The van der Waals surface area contributed by atoms with Crippen LogP contribution in [0.5, 0.6) is 11.5 Å². The average Bonchev–Trinajstić information content (AvgIpc) is 3.46. The van der Waals surface area contributed by atoms with E-state index < -0.39 is 11.7 Å². The quantitative estimate of drug-likeness (QED) is 0.499. The molecule has 0 atom stereocenters. The molecule has 3 heterocycles. The van der Waals surface area contributed by atoms with E-state index in [1.165, 1.54) is 18.2 Å². The van der Waals surface area contributed by atoms with Gasteiger partial charge in [-0.15, -0.1) is 5.10 Å². The first-order valence-electron chi connectivity index (χ1n) is 8.75. The van der Waals surface area contributed by atoms with Gasteiger partial charge in [0, 0.05) is 5.56 Å². The Morgan fingerprint density at radius 3 is 2.67 bits per heavy atom. The second kappa shape index (κ2) is 6.58. The Labute approximate surface area is 166 Å². The summed E-state index contributed by atoms with van der Waals surface area (Å²) in [6.45, 7) is 1.71. The maximum atomic E-state index is 13.4. The number of para-hydroxylation sites is 1. The van der Waals surface area contributed by atoms with Gasteiger partial charge in [-0.05, 0) is 37.3 Å². The van der Waals surface area contributed by atoms with Crippen molar-refractivity contribution in [3.63, 3.8) is 0 Å². The SMILES string of the molecule is Cc1c(-c2nc(-c3ccc4c(c3)OCO4)no2)nnn1-c1ccccc1C(F)(F)F. The molecule has 2 aromatic carbocycles. The number of aromatic nitrogens is 5. The molecular formula is C19H12F3N5O3. The summed E-state index contributed by atoms with van der Waals surface area (Å²) >= 11 is 0. The molecule has 5 rings (SSSR count). The zero-order valence-corrected chi connectivity index (χ0v) is 15.3. The second-order valence-electron chi connectivity index (χ2n) is 6.44. The largest absolute Gasteiger partial charge is 0.454 e. The highest BCUT2D eigenvalue weighted by molar-refractivity contribution is 5.63. The second-order valence-corrected chi connectivity index (χ2v) is 6.44. The number of halogens is 3. The van der Waals surface area contributed by atoms with Crippen molar-refractivity contribution in [1.82, 2.24) is 25.1 Å². The van der Waals surface area contributed by atoms with Crippen LogP contribution in [-0.4, -0.2) is 31.9 Å². The lowest BCUT2D eigenvalue weighted by Gasteiger charge is -2.12. The van der Waals surface area contributed by atoms with Crippen LogP contribution in [0.1, 0.15) is 11.3 Å². The molecule has 2 aromatic heterocycles. The van der Waals surface area contributed by atoms with E-state index in [0.29, 0.717) is 22.8 Å². The smallest absolute Gasteiger partial charge is 0.418 e. The molecule has 0 amide bonds. The minimum absolute atomic E-state index is 0.0379. The number of hydrogen-bond acceptors (Lipinski definition) is 7. The highest BCUT2D eigenvalue weighted by Gasteiger charge is 2.34. The summed E-state index contributed by atoms with van der Waals surface area (Å²) in [5.74, 6) is 1.48. The van der Waals surface area contributed by atoms with E-state index in [0.717, 1.165) is 10.7 Å². The molecule has 0 saturated heterocycles. The molecule has 11 heteroatoms. The van der Waals surface area contributed by atoms with Gasteiger partial charge in [-0.3, -0.25) is 0 Å². The highest BCUT2D eigenvalue weighted by Crippen LogP contribution is 2.36. The van der Waals surface area contributed by atoms with Gasteiger partial charge in [0.1, 0.15) is 0 Å². The van der Waals surface area contributed by atoms with Crippen LogP contribution in [0.25, 0.3) is 28.7 Å². The number of rotatable bonds is 3. The number of hydrogen-bond donors (Lipinski definition) is 0. The van der Waals surface area contributed by atoms with E-state index in [4.69, 9.17) is 14.0 Å². The Morgan fingerprint density at radius 1 is 1.03 bits per heavy atom. The summed E-state index contributed by atoms with van der Waals surface area (Å²) in [4.78, 5) is 4.30. The van der Waals surface area contributed by atoms with Crippen molar-refractivity contribution in [1.29, 1.82) is 0 Å². The van der Waals surface area contributed by atoms with Crippen LogP contribution in [0.4, 0.5) is 13.2 Å². The van der Waals surface area contributed by atoms with E-state index in [-0.39, 0.29) is 29.9 Å². The number of fused-ring (bicyclic) bond motifs is 1. The standard InChI is InChI=1S/C19H12F3N5O3/c1-10-16(24-26-27(10)13-5-3-2-4-12(13)19(20,21)22)18-23-17(25-30-18)11-6-7-14-15(8-11)29-9-28-14/h2-8H,9H2,1H3. The van der Waals surface area contributed by atoms with Gasteiger partial charge < -0.3 is 14.0 Å². The van der Waals surface area contributed by atoms with Gasteiger partial charge >= 0.3 is 6.18 Å². The molecule has 0 bridgehead atoms. The third kappa shape index (κ3) is 2.95. The lowest BCUT2D eigenvalue weighted by molar-refractivity contribution is -0.137. The monoisotopic (exact) mass is 415 g/mol. The first-order chi connectivity index (χ1) is 14.4. The van der Waals surface area contributed by atoms with Crippen molar-refractivity contribution in [2.24, 2.45) is 0 Å². The average molecular weight is 415 g/mol. The third-order valence-corrected chi connectivity index (χ3v) is 4.59. The normalized spacial score (nSPS) is 13.1. The van der Waals surface area contributed by atoms with Crippen molar-refractivity contribution in [3.05, 3.63) is 53.7 Å². The van der Waals surface area contributed by atoms with Crippen molar-refractivity contribution in [2.45, 2.75) is 13.1 Å². The molecule has 0 spiro atoms. The van der Waals surface area contributed by atoms with Crippen LogP contribution in [0, 0.1) is 6.92 Å². The topological polar surface area (TPSA) is 88.1 Å². The molecule has 0 saturated carbocycles. The maximum absolute atomic E-state index is 13.4. The molecule has 0 N–H and O–H groups in total. The zero-order chi connectivity index (χ0) is 20.9. The fourth-order valence-corrected chi connectivity index (χ4v) is 3.13. The third-order valence-electron chi connectivity index (χ3n) is 4.59. The van der Waals surface area contributed by atoms with Gasteiger partial charge in [0.15, 0.2) is 17.2 Å². The lowest BCUT2D eigenvalue weighted by atomic mass is 10.1. The molecule has 0 aliphatic carbocycles. The zero-order valence-electron chi connectivity index (χ0n) is 15.3. The number of alkyl halides is 3. The molecule has 4 aromatic rings. The summed E-state index contributed by atoms with van der Waals surface area (Å²) < 4.78 is 57.1. The van der Waals surface area contributed by atoms with E-state index in [2.05, 4.69) is 20.5 Å². The first kappa shape index (κ1) is 18.2. The minimum atomic E-state index is -4.54. The van der Waals surface area contributed by atoms with Crippen LogP contribution in [-0.2, 0) is 6.18 Å². The molecule has 1 aliphatic heterocycles. The predicted octanol–water partition coefficient (Wildman–Crippen LogP) is 4.04. The number of nitrogens with zero attached hydrogens (tertiary/aromatic N) is 5. The molecule has 8 nitrogen and oxygen atoms in total. The van der Waals surface area contributed by atoms with E-state index in [1.54, 1.807) is 25.1 Å². The van der Waals surface area contributed by atoms with Crippen molar-refractivity contribution >= 4 is 0 Å². The number of benzene rings is 2. The summed E-state index contributed by atoms with van der Waals surface area (Å²) in [6.07, 6.45) is -4.54. The Balaban J connectivity index is 1.52. The van der Waals surface area contributed by atoms with Gasteiger partial charge in [0.05, 0.1) is 16.9 Å². The molecule has 0 fully saturated rings. The maximum Gasteiger partial charge on any atom is 0.418 e. The Hall–Kier alpha value is -3.89. The summed E-state index contributed by atoms with van der Waals surface area (Å²) in [6, 6.07) is 10.3. The number of ether oxygens (including phenoxy) is 2. The van der Waals surface area contributed by atoms with E-state index >= 15 is 0 Å². The van der Waals surface area contributed by atoms with Gasteiger partial charge in [-0.2, -0.15) is 18.2 Å². The van der Waals surface area contributed by atoms with Crippen LogP contribution >= 0.6 is 0 Å². The molecule has 152 valence electrons. The summed E-state index contributed by atoms with van der Waals surface area (Å²) in [5.41, 5.74) is 0.175. The summed E-state index contributed by atoms with van der Waals surface area (Å²) in [7, 11) is 0. The molecule has 1 aliphatic rings. The van der Waals surface area contributed by atoms with E-state index in [1.807, 2.05) is 0 Å². The van der Waals surface area contributed by atoms with Crippen LogP contribution in [0.15, 0.2) is 47.0 Å². The fraction of sp³-hybridized carbons (Fsp3) is 0.158. The lowest BCUT2D eigenvalue weighted by Crippen LogP contribution is -2.12. The minimum Gasteiger partial charge on any atom is -0.454 e. The molecule has 0 unspecified atom stereocenters. The van der Waals surface area contributed by atoms with Gasteiger partial charge in [-0.1, -0.05) is 22.5 Å². The van der Waals surface area contributed by atoms with Gasteiger partial charge in [0.2, 0.25) is 12.6 Å². The van der Waals surface area contributed by atoms with Gasteiger partial charge in [0.25, 0.3) is 5.89 Å². The van der Waals surface area contributed by atoms with E-state index in [9.17, 15) is 13.2 Å². The van der Waals surface area contributed by atoms with Crippen LogP contribution in [0.2, 0.25) is 0 Å².